The molecule has 0 bridgehead atoms. The molecule has 1 N–H and O–H groups in total. The summed E-state index contributed by atoms with van der Waals surface area (Å²) in [5, 5.41) is 3.87. The Kier molecular flexibility index (Phi) is 2.29. The normalized spacial score (nSPS) is 11.1. The summed E-state index contributed by atoms with van der Waals surface area (Å²) >= 11 is 5.28. The molecule has 0 aliphatic carbocycles. The van der Waals surface area contributed by atoms with Gasteiger partial charge in [0.25, 0.3) is 0 Å². The van der Waals surface area contributed by atoms with Crippen LogP contribution in [0.3, 0.4) is 0 Å². The summed E-state index contributed by atoms with van der Waals surface area (Å²) in [4.78, 5) is 7.53. The van der Waals surface area contributed by atoms with Crippen molar-refractivity contribution in [1.82, 2.24) is 19.7 Å². The summed E-state index contributed by atoms with van der Waals surface area (Å²) in [6, 6.07) is 3.84. The number of hydrogen-bond acceptors (Lipinski definition) is 4. The van der Waals surface area contributed by atoms with E-state index < -0.39 is 0 Å². The van der Waals surface area contributed by atoms with E-state index in [1.165, 1.54) is 0 Å². The summed E-state index contributed by atoms with van der Waals surface area (Å²) in [5.41, 5.74) is 3.70. The zero-order valence-corrected chi connectivity index (χ0v) is 9.99. The highest BCUT2D eigenvalue weighted by Gasteiger charge is 2.07. The second-order valence-electron chi connectivity index (χ2n) is 3.89. The second-order valence-corrected chi connectivity index (χ2v) is 4.28. The number of pyridine rings is 1. The zero-order valence-electron chi connectivity index (χ0n) is 9.17. The van der Waals surface area contributed by atoms with Crippen molar-refractivity contribution in [3.63, 3.8) is 0 Å². The van der Waals surface area contributed by atoms with Crippen molar-refractivity contribution in [3.8, 4) is 0 Å². The molecule has 0 aliphatic heterocycles. The number of nitrogens with one attached hydrogen (secondary N) is 1. The lowest BCUT2D eigenvalue weighted by molar-refractivity contribution is 0.410. The molecule has 3 rings (SSSR count). The van der Waals surface area contributed by atoms with E-state index >= 15 is 0 Å². The molecule has 0 radical (unpaired) electrons. The Balaban J connectivity index is 2.16. The Bertz CT molecular complexity index is 711. The zero-order chi connectivity index (χ0) is 11.8. The van der Waals surface area contributed by atoms with Gasteiger partial charge in [-0.15, -0.1) is 0 Å². The first-order valence-electron chi connectivity index (χ1n) is 5.18. The van der Waals surface area contributed by atoms with Gasteiger partial charge in [-0.1, -0.05) is 5.16 Å². The van der Waals surface area contributed by atoms with Crippen LogP contribution in [0.4, 0.5) is 0 Å². The van der Waals surface area contributed by atoms with Gasteiger partial charge in [-0.05, 0) is 30.8 Å². The summed E-state index contributed by atoms with van der Waals surface area (Å²) in [5.74, 6) is 0. The molecule has 0 saturated heterocycles. The van der Waals surface area contributed by atoms with Gasteiger partial charge in [-0.2, -0.15) is 0 Å². The molecule has 3 aromatic rings. The Morgan fingerprint density at radius 2 is 2.41 bits per heavy atom. The average Bonchev–Trinajstić information content (AvgIpc) is 2.88. The molecule has 6 heteroatoms. The maximum absolute atomic E-state index is 5.28. The van der Waals surface area contributed by atoms with Crippen molar-refractivity contribution in [2.24, 2.45) is 0 Å². The highest BCUT2D eigenvalue weighted by atomic mass is 32.1. The number of nitrogens with zero attached hydrogens (tertiary/aromatic N) is 3. The number of imidazole rings is 1. The standard InChI is InChI=1S/C11H10N4OS/c1-7-4-9-10(12-5-7)15(11(17)13-9)6-8-2-3-16-14-8/h2-5H,6H2,1H3,(H,13,17). The van der Waals surface area contributed by atoms with Gasteiger partial charge in [0, 0.05) is 12.3 Å². The average molecular weight is 246 g/mol. The van der Waals surface area contributed by atoms with Gasteiger partial charge >= 0.3 is 0 Å². The summed E-state index contributed by atoms with van der Waals surface area (Å²) in [6.07, 6.45) is 3.37. The Labute approximate surface area is 102 Å². The van der Waals surface area contributed by atoms with Crippen molar-refractivity contribution in [2.45, 2.75) is 13.5 Å². The van der Waals surface area contributed by atoms with Crippen LogP contribution in [0.15, 0.2) is 29.1 Å². The fourth-order valence-corrected chi connectivity index (χ4v) is 2.04. The van der Waals surface area contributed by atoms with Crippen LogP contribution < -0.4 is 0 Å². The summed E-state index contributed by atoms with van der Waals surface area (Å²) in [7, 11) is 0. The Hall–Kier alpha value is -1.95. The van der Waals surface area contributed by atoms with E-state index in [0.717, 1.165) is 22.4 Å². The minimum atomic E-state index is 0.561. The van der Waals surface area contributed by atoms with Crippen LogP contribution in [-0.4, -0.2) is 19.7 Å². The van der Waals surface area contributed by atoms with E-state index in [4.69, 9.17) is 16.7 Å². The van der Waals surface area contributed by atoms with E-state index in [-0.39, 0.29) is 0 Å². The van der Waals surface area contributed by atoms with Gasteiger partial charge in [0.15, 0.2) is 10.4 Å². The number of hydrogen-bond donors (Lipinski definition) is 1. The van der Waals surface area contributed by atoms with Gasteiger partial charge in [-0.3, -0.25) is 4.57 Å². The third kappa shape index (κ3) is 1.76. The van der Waals surface area contributed by atoms with Crippen LogP contribution in [0, 0.1) is 11.7 Å². The van der Waals surface area contributed by atoms with Gasteiger partial charge in [0.1, 0.15) is 12.0 Å². The van der Waals surface area contributed by atoms with Crippen LogP contribution >= 0.6 is 12.2 Å². The molecule has 3 heterocycles. The quantitative estimate of drug-likeness (QED) is 0.705. The number of aryl methyl sites for hydroxylation is 1. The van der Waals surface area contributed by atoms with Crippen LogP contribution in [0.5, 0.6) is 0 Å². The summed E-state index contributed by atoms with van der Waals surface area (Å²) in [6.45, 7) is 2.56. The molecule has 17 heavy (non-hydrogen) atoms. The minimum Gasteiger partial charge on any atom is -0.364 e. The number of aromatic nitrogens is 4. The van der Waals surface area contributed by atoms with Crippen LogP contribution in [-0.2, 0) is 6.54 Å². The Morgan fingerprint density at radius 1 is 1.53 bits per heavy atom. The van der Waals surface area contributed by atoms with Crippen LogP contribution in [0.1, 0.15) is 11.3 Å². The predicted molar refractivity (Wildman–Crippen MR) is 65.3 cm³/mol. The van der Waals surface area contributed by atoms with E-state index in [1.54, 1.807) is 6.26 Å². The maximum atomic E-state index is 5.28. The van der Waals surface area contributed by atoms with E-state index in [1.807, 2.05) is 29.8 Å². The first-order valence-corrected chi connectivity index (χ1v) is 5.59. The van der Waals surface area contributed by atoms with Crippen molar-refractivity contribution in [1.29, 1.82) is 0 Å². The van der Waals surface area contributed by atoms with E-state index in [0.29, 0.717) is 11.3 Å². The number of fused-ring (bicyclic) bond motifs is 1. The second kappa shape index (κ2) is 3.81. The lowest BCUT2D eigenvalue weighted by atomic mass is 10.3. The van der Waals surface area contributed by atoms with Crippen molar-refractivity contribution >= 4 is 23.4 Å². The lowest BCUT2D eigenvalue weighted by Crippen LogP contribution is -2.00. The number of rotatable bonds is 2. The van der Waals surface area contributed by atoms with Crippen molar-refractivity contribution in [2.75, 3.05) is 0 Å². The SMILES string of the molecule is Cc1cnc2c(c1)[nH]c(=S)n2Cc1ccon1. The number of aromatic amines is 1. The van der Waals surface area contributed by atoms with Crippen LogP contribution in [0.2, 0.25) is 0 Å². The molecular weight excluding hydrogens is 236 g/mol. The van der Waals surface area contributed by atoms with Crippen LogP contribution in [0.25, 0.3) is 11.2 Å². The molecule has 3 aromatic heterocycles. The first kappa shape index (κ1) is 10.2. The van der Waals surface area contributed by atoms with Gasteiger partial charge in [-0.25, -0.2) is 4.98 Å². The molecule has 0 amide bonds. The van der Waals surface area contributed by atoms with Gasteiger partial charge < -0.3 is 9.51 Å². The molecule has 0 atom stereocenters. The molecule has 0 unspecified atom stereocenters. The third-order valence-electron chi connectivity index (χ3n) is 2.56. The molecule has 86 valence electrons. The highest BCUT2D eigenvalue weighted by molar-refractivity contribution is 7.71. The predicted octanol–water partition coefficient (Wildman–Crippen LogP) is 2.44. The monoisotopic (exact) mass is 246 g/mol. The van der Waals surface area contributed by atoms with Crippen molar-refractivity contribution < 1.29 is 4.52 Å². The smallest absolute Gasteiger partial charge is 0.179 e. The van der Waals surface area contributed by atoms with E-state index in [9.17, 15) is 0 Å². The largest absolute Gasteiger partial charge is 0.364 e. The third-order valence-corrected chi connectivity index (χ3v) is 2.88. The molecule has 0 aliphatic rings. The highest BCUT2D eigenvalue weighted by Crippen LogP contribution is 2.14. The van der Waals surface area contributed by atoms with Gasteiger partial charge in [0.2, 0.25) is 0 Å². The molecule has 0 fully saturated rings. The maximum Gasteiger partial charge on any atom is 0.179 e. The first-order chi connectivity index (χ1) is 8.24. The molecular formula is C11H10N4OS. The molecule has 0 spiro atoms. The Morgan fingerprint density at radius 3 is 3.18 bits per heavy atom. The minimum absolute atomic E-state index is 0.561. The van der Waals surface area contributed by atoms with Crippen molar-refractivity contribution in [3.05, 3.63) is 40.6 Å². The molecule has 0 saturated carbocycles. The molecule has 0 aromatic carbocycles. The summed E-state index contributed by atoms with van der Waals surface area (Å²) < 4.78 is 7.35. The van der Waals surface area contributed by atoms with E-state index in [2.05, 4.69) is 15.1 Å². The fraction of sp³-hybridized carbons (Fsp3) is 0.182. The number of H-pyrrole nitrogens is 1. The molecule has 5 nitrogen and oxygen atoms in total. The fourth-order valence-electron chi connectivity index (χ4n) is 1.78. The topological polar surface area (TPSA) is 59.6 Å². The van der Waals surface area contributed by atoms with Gasteiger partial charge in [0.05, 0.1) is 12.1 Å². The lowest BCUT2D eigenvalue weighted by Gasteiger charge is -2.00.